The summed E-state index contributed by atoms with van der Waals surface area (Å²) < 4.78 is 0. The zero-order chi connectivity index (χ0) is 63.3. The highest BCUT2D eigenvalue weighted by Gasteiger charge is 2.25. The van der Waals surface area contributed by atoms with E-state index in [1.165, 1.54) is 142 Å². The maximum atomic E-state index is 9.08. The van der Waals surface area contributed by atoms with Gasteiger partial charge in [0.25, 0.3) is 0 Å². The van der Waals surface area contributed by atoms with E-state index in [4.69, 9.17) is 21.6 Å². The van der Waals surface area contributed by atoms with Crippen LogP contribution in [0.1, 0.15) is 26.3 Å². The van der Waals surface area contributed by atoms with E-state index in [2.05, 4.69) is 295 Å². The Bertz CT molecular complexity index is 5460. The summed E-state index contributed by atoms with van der Waals surface area (Å²) in [5.74, 6) is 0. The molecule has 5 heteroatoms. The second kappa shape index (κ2) is 24.7. The molecule has 2 nitrogen and oxygen atoms in total. The van der Waals surface area contributed by atoms with Gasteiger partial charge in [0.2, 0.25) is 0 Å². The molecule has 0 unspecified atom stereocenters. The van der Waals surface area contributed by atoms with Gasteiger partial charge < -0.3 is 10.0 Å². The van der Waals surface area contributed by atoms with Gasteiger partial charge in [0.1, 0.15) is 0 Å². The second-order valence-electron chi connectivity index (χ2n) is 26.2. The Kier molecular flexibility index (Phi) is 16.0. The lowest BCUT2D eigenvalue weighted by Crippen LogP contribution is -2.37. The van der Waals surface area contributed by atoms with Crippen LogP contribution in [0.25, 0.3) is 142 Å². The minimum absolute atomic E-state index is 0.0583. The molecule has 92 heavy (non-hydrogen) atoms. The standard InChI is InChI=1S/C43H34Si.C34H27Cl.C10H9BO2/c1-44(2,3)41-25-13-22-34-35(41)23-12-24-36(34)43-38-20-10-9-19-37(38)42(30-15-5-4-6-16-30)39-27-26-31(28-40(39)43)33-21-11-17-29-14-7-8-18-32(29)33;1-34(2,3)31-18-10-15-24-25(31)16-9-17-26(24)33-28-14-8-7-13-27(28)32(22-11-5-4-6-12-22)29-20-19-23(35)21-30(29)33;12-11(13)10-7-3-5-8-4-1-2-6-9(8)10/h4-28H,1-3H3;4-21H,1-3H3;1-7,12-13H. The summed E-state index contributed by atoms with van der Waals surface area (Å²) in [6.07, 6.45) is 0. The molecular formula is C87H70BClO2Si. The quantitative estimate of drug-likeness (QED) is 0.123. The third-order valence-corrected chi connectivity index (χ3v) is 20.6. The van der Waals surface area contributed by atoms with Gasteiger partial charge in [-0.05, 0) is 176 Å². The minimum atomic E-state index is -1.56. The Hall–Kier alpha value is -9.91. The van der Waals surface area contributed by atoms with Crippen molar-refractivity contribution in [3.8, 4) is 55.6 Å². The lowest BCUT2D eigenvalue weighted by molar-refractivity contribution is 0.426. The van der Waals surface area contributed by atoms with Gasteiger partial charge in [-0.15, -0.1) is 0 Å². The predicted octanol–water partition coefficient (Wildman–Crippen LogP) is 22.8. The van der Waals surface area contributed by atoms with Crippen LogP contribution in [-0.4, -0.2) is 25.2 Å². The molecule has 16 aromatic carbocycles. The average molecular weight is 1220 g/mol. The summed E-state index contributed by atoms with van der Waals surface area (Å²) in [5, 5.41) is 40.3. The number of fused-ring (bicyclic) bond motifs is 8. The zero-order valence-corrected chi connectivity index (χ0v) is 54.5. The Balaban J connectivity index is 0.000000136. The van der Waals surface area contributed by atoms with Crippen LogP contribution in [0.3, 0.4) is 0 Å². The van der Waals surface area contributed by atoms with E-state index in [1.54, 1.807) is 6.07 Å². The average Bonchev–Trinajstić information content (AvgIpc) is 0.738. The fraction of sp³-hybridized carbons (Fsp3) is 0.0805. The lowest BCUT2D eigenvalue weighted by atomic mass is 9.77. The number of halogens is 1. The number of benzene rings is 16. The molecular weight excluding hydrogens is 1150 g/mol. The molecule has 0 saturated heterocycles. The summed E-state index contributed by atoms with van der Waals surface area (Å²) in [6, 6.07) is 109. The first-order valence-electron chi connectivity index (χ1n) is 31.8. The van der Waals surface area contributed by atoms with E-state index in [0.717, 1.165) is 15.8 Å². The highest BCUT2D eigenvalue weighted by molar-refractivity contribution is 6.90. The van der Waals surface area contributed by atoms with E-state index in [0.29, 0.717) is 5.46 Å². The topological polar surface area (TPSA) is 40.5 Å². The maximum Gasteiger partial charge on any atom is 0.489 e. The summed E-state index contributed by atoms with van der Waals surface area (Å²) in [7, 11) is -2.96. The van der Waals surface area contributed by atoms with Crippen molar-refractivity contribution in [1.82, 2.24) is 0 Å². The highest BCUT2D eigenvalue weighted by atomic mass is 35.5. The molecule has 0 bridgehead atoms. The molecule has 16 aromatic rings. The van der Waals surface area contributed by atoms with Crippen LogP contribution in [0.5, 0.6) is 0 Å². The van der Waals surface area contributed by atoms with E-state index >= 15 is 0 Å². The van der Waals surface area contributed by atoms with E-state index in [-0.39, 0.29) is 5.41 Å². The van der Waals surface area contributed by atoms with Gasteiger partial charge in [0, 0.05) is 5.02 Å². The monoisotopic (exact) mass is 1220 g/mol. The van der Waals surface area contributed by atoms with Crippen molar-refractivity contribution in [3.05, 3.63) is 314 Å². The Morgan fingerprint density at radius 2 is 0.685 bits per heavy atom. The first-order chi connectivity index (χ1) is 44.7. The van der Waals surface area contributed by atoms with E-state index < -0.39 is 15.2 Å². The number of hydrogen-bond donors (Lipinski definition) is 2. The van der Waals surface area contributed by atoms with Crippen LogP contribution >= 0.6 is 11.6 Å². The van der Waals surface area contributed by atoms with Gasteiger partial charge in [-0.3, -0.25) is 0 Å². The van der Waals surface area contributed by atoms with Crippen LogP contribution in [0.2, 0.25) is 24.7 Å². The van der Waals surface area contributed by atoms with Crippen LogP contribution in [-0.2, 0) is 5.41 Å². The summed E-state index contributed by atoms with van der Waals surface area (Å²) in [6.45, 7) is 14.2. The molecule has 0 radical (unpaired) electrons. The number of rotatable bonds is 7. The highest BCUT2D eigenvalue weighted by Crippen LogP contribution is 2.49. The first kappa shape index (κ1) is 59.7. The second-order valence-corrected chi connectivity index (χ2v) is 31.6. The number of hydrogen-bond acceptors (Lipinski definition) is 2. The molecule has 0 aliphatic carbocycles. The molecule has 0 spiro atoms. The van der Waals surface area contributed by atoms with Crippen molar-refractivity contribution < 1.29 is 10.0 Å². The van der Waals surface area contributed by atoms with Gasteiger partial charge >= 0.3 is 7.12 Å². The van der Waals surface area contributed by atoms with Crippen LogP contribution in [0, 0.1) is 0 Å². The SMILES string of the molecule is CC(C)(C)c1cccc2c(-c3c4ccccc4c(-c4ccccc4)c4ccc(Cl)cc34)cccc12.C[Si](C)(C)c1cccc2c(-c3c4ccccc4c(-c4ccccc4)c4ccc(-c5cccc6ccccc56)cc34)cccc12.OB(O)c1cccc2ccccc12. The molecule has 444 valence electrons. The van der Waals surface area contributed by atoms with E-state index in [9.17, 15) is 0 Å². The molecule has 0 heterocycles. The molecule has 0 aliphatic rings. The van der Waals surface area contributed by atoms with Gasteiger partial charge in [-0.1, -0.05) is 342 Å². The van der Waals surface area contributed by atoms with Crippen molar-refractivity contribution >= 4 is 124 Å². The summed E-state index contributed by atoms with van der Waals surface area (Å²) in [4.78, 5) is 0. The molecule has 0 aliphatic heterocycles. The van der Waals surface area contributed by atoms with Crippen LogP contribution in [0.4, 0.5) is 0 Å². The van der Waals surface area contributed by atoms with Gasteiger partial charge in [0.15, 0.2) is 0 Å². The Morgan fingerprint density at radius 3 is 1.25 bits per heavy atom. The molecule has 0 aromatic heterocycles. The summed E-state index contributed by atoms with van der Waals surface area (Å²) in [5.41, 5.74) is 14.6. The minimum Gasteiger partial charge on any atom is -0.423 e. The van der Waals surface area contributed by atoms with Crippen molar-refractivity contribution in [2.75, 3.05) is 0 Å². The first-order valence-corrected chi connectivity index (χ1v) is 35.7. The molecule has 0 saturated carbocycles. The maximum absolute atomic E-state index is 9.08. The van der Waals surface area contributed by atoms with Gasteiger partial charge in [0.05, 0.1) is 8.07 Å². The third kappa shape index (κ3) is 11.1. The zero-order valence-electron chi connectivity index (χ0n) is 52.7. The van der Waals surface area contributed by atoms with E-state index in [1.807, 2.05) is 42.5 Å². The summed E-state index contributed by atoms with van der Waals surface area (Å²) >= 11 is 6.63. The normalized spacial score (nSPS) is 11.8. The van der Waals surface area contributed by atoms with Crippen molar-refractivity contribution in [2.45, 2.75) is 45.8 Å². The fourth-order valence-electron chi connectivity index (χ4n) is 14.2. The molecule has 2 N–H and O–H groups in total. The lowest BCUT2D eigenvalue weighted by Gasteiger charge is -2.23. The van der Waals surface area contributed by atoms with Gasteiger partial charge in [-0.25, -0.2) is 0 Å². The van der Waals surface area contributed by atoms with Crippen molar-refractivity contribution in [2.24, 2.45) is 0 Å². The Labute approximate surface area is 545 Å². The fourth-order valence-corrected chi connectivity index (χ4v) is 16.0. The molecule has 0 atom stereocenters. The largest absolute Gasteiger partial charge is 0.489 e. The van der Waals surface area contributed by atoms with Crippen molar-refractivity contribution in [1.29, 1.82) is 0 Å². The predicted molar refractivity (Wildman–Crippen MR) is 403 cm³/mol. The third-order valence-electron chi connectivity index (χ3n) is 18.3. The molecule has 16 rings (SSSR count). The van der Waals surface area contributed by atoms with Gasteiger partial charge in [-0.2, -0.15) is 0 Å². The van der Waals surface area contributed by atoms with Crippen LogP contribution < -0.4 is 10.6 Å². The molecule has 0 amide bonds. The van der Waals surface area contributed by atoms with Crippen LogP contribution in [0.15, 0.2) is 303 Å². The smallest absolute Gasteiger partial charge is 0.423 e. The Morgan fingerprint density at radius 1 is 0.293 bits per heavy atom. The van der Waals surface area contributed by atoms with Crippen molar-refractivity contribution in [3.63, 3.8) is 0 Å². The molecule has 0 fully saturated rings.